The Morgan fingerprint density at radius 1 is 0.487 bits per heavy atom. The van der Waals surface area contributed by atoms with Crippen LogP contribution in [0.4, 0.5) is 0 Å². The number of H-pyrrole nitrogens is 2. The van der Waals surface area contributed by atoms with Gasteiger partial charge in [-0.25, -0.2) is 0 Å². The van der Waals surface area contributed by atoms with Crippen LogP contribution in [-0.2, 0) is 0 Å². The molecule has 0 atom stereocenters. The molecule has 39 heavy (non-hydrogen) atoms. The van der Waals surface area contributed by atoms with Gasteiger partial charge in [-0.15, -0.1) is 0 Å². The predicted molar refractivity (Wildman–Crippen MR) is 165 cm³/mol. The topological polar surface area (TPSA) is 31.6 Å². The molecule has 2 nitrogen and oxygen atoms in total. The van der Waals surface area contributed by atoms with Crippen molar-refractivity contribution in [1.29, 1.82) is 0 Å². The molecule has 0 bridgehead atoms. The number of hydrogen-bond donors (Lipinski definition) is 2. The quantitative estimate of drug-likeness (QED) is 0.216. The lowest BCUT2D eigenvalue weighted by Crippen LogP contribution is -2.07. The largest absolute Gasteiger partial charge is 0.354 e. The van der Waals surface area contributed by atoms with Crippen molar-refractivity contribution in [1.82, 2.24) is 9.97 Å². The van der Waals surface area contributed by atoms with Gasteiger partial charge in [-0.05, 0) is 52.1 Å². The third-order valence-corrected chi connectivity index (χ3v) is 8.03. The molecule has 7 aromatic rings. The number of hydrogen-bond acceptors (Lipinski definition) is 0. The molecule has 0 aliphatic rings. The standard InChI is InChI=1S/C35H24Cl2N2/c36-24-19-20-25(28(37)21-24)31(32-26-15-7-9-17-29(26)38-34(32)22-11-3-1-4-12-22)33-27-16-8-10-18-30(27)39-35(33)23-13-5-2-6-14-23/h1-21,31,38-39H. The Hall–Kier alpha value is -4.24. The molecule has 0 amide bonds. The van der Waals surface area contributed by atoms with Crippen molar-refractivity contribution in [2.45, 2.75) is 5.92 Å². The summed E-state index contributed by atoms with van der Waals surface area (Å²) in [6.07, 6.45) is 0. The summed E-state index contributed by atoms with van der Waals surface area (Å²) in [4.78, 5) is 7.50. The maximum Gasteiger partial charge on any atom is 0.0507 e. The molecule has 0 spiro atoms. The van der Waals surface area contributed by atoms with Crippen molar-refractivity contribution in [2.75, 3.05) is 0 Å². The number of rotatable bonds is 5. The summed E-state index contributed by atoms with van der Waals surface area (Å²) in [6.45, 7) is 0. The molecule has 2 N–H and O–H groups in total. The fraction of sp³-hybridized carbons (Fsp3) is 0.0286. The Kier molecular flexibility index (Phi) is 6.00. The number of para-hydroxylation sites is 2. The lowest BCUT2D eigenvalue weighted by molar-refractivity contribution is 1.00. The van der Waals surface area contributed by atoms with E-state index in [9.17, 15) is 0 Å². The molecule has 0 aliphatic heterocycles. The van der Waals surface area contributed by atoms with Crippen molar-refractivity contribution in [2.24, 2.45) is 0 Å². The molecule has 4 heteroatoms. The molecule has 0 saturated heterocycles. The maximum absolute atomic E-state index is 7.05. The molecular weight excluding hydrogens is 519 g/mol. The van der Waals surface area contributed by atoms with E-state index in [0.717, 1.165) is 49.9 Å². The molecular formula is C35H24Cl2N2. The van der Waals surface area contributed by atoms with Crippen molar-refractivity contribution in [3.8, 4) is 22.5 Å². The van der Waals surface area contributed by atoms with E-state index in [1.807, 2.05) is 24.3 Å². The third kappa shape index (κ3) is 4.13. The summed E-state index contributed by atoms with van der Waals surface area (Å²) in [5.74, 6) is -0.188. The fourth-order valence-corrected chi connectivity index (χ4v) is 6.30. The van der Waals surface area contributed by atoms with Gasteiger partial charge in [-0.2, -0.15) is 0 Å². The van der Waals surface area contributed by atoms with Crippen molar-refractivity contribution in [3.05, 3.63) is 154 Å². The Morgan fingerprint density at radius 3 is 1.44 bits per heavy atom. The first kappa shape index (κ1) is 23.8. The number of fused-ring (bicyclic) bond motifs is 2. The van der Waals surface area contributed by atoms with Crippen LogP contribution in [-0.4, -0.2) is 9.97 Å². The zero-order valence-electron chi connectivity index (χ0n) is 21.0. The lowest BCUT2D eigenvalue weighted by atomic mass is 9.80. The van der Waals surface area contributed by atoms with Crippen LogP contribution in [0.5, 0.6) is 0 Å². The normalized spacial score (nSPS) is 11.6. The van der Waals surface area contributed by atoms with Crippen LogP contribution < -0.4 is 0 Å². The zero-order chi connectivity index (χ0) is 26.3. The van der Waals surface area contributed by atoms with Crippen LogP contribution in [0.15, 0.2) is 127 Å². The Labute approximate surface area is 236 Å². The highest BCUT2D eigenvalue weighted by Crippen LogP contribution is 2.49. The van der Waals surface area contributed by atoms with Gasteiger partial charge >= 0.3 is 0 Å². The summed E-state index contributed by atoms with van der Waals surface area (Å²) in [5.41, 5.74) is 9.95. The summed E-state index contributed by atoms with van der Waals surface area (Å²) in [6, 6.07) is 43.9. The fourth-order valence-electron chi connectivity index (χ4n) is 5.78. The minimum Gasteiger partial charge on any atom is -0.354 e. The highest BCUT2D eigenvalue weighted by atomic mass is 35.5. The summed E-state index contributed by atoms with van der Waals surface area (Å²) in [7, 11) is 0. The Balaban J connectivity index is 1.65. The number of halogens is 2. The minimum absolute atomic E-state index is 0.188. The summed E-state index contributed by atoms with van der Waals surface area (Å²) >= 11 is 13.5. The van der Waals surface area contributed by atoms with E-state index in [1.165, 1.54) is 11.1 Å². The molecule has 0 unspecified atom stereocenters. The van der Waals surface area contributed by atoms with Gasteiger partial charge in [0.05, 0.1) is 11.4 Å². The first-order valence-electron chi connectivity index (χ1n) is 13.0. The highest BCUT2D eigenvalue weighted by molar-refractivity contribution is 6.35. The number of aromatic amines is 2. The van der Waals surface area contributed by atoms with Crippen molar-refractivity contribution < 1.29 is 0 Å². The molecule has 188 valence electrons. The van der Waals surface area contributed by atoms with Crippen LogP contribution in [0.2, 0.25) is 10.0 Å². The average Bonchev–Trinajstić information content (AvgIpc) is 3.55. The van der Waals surface area contributed by atoms with Gasteiger partial charge in [0.1, 0.15) is 0 Å². The zero-order valence-corrected chi connectivity index (χ0v) is 22.5. The average molecular weight is 543 g/mol. The molecule has 0 saturated carbocycles. The van der Waals surface area contributed by atoms with E-state index in [0.29, 0.717) is 10.0 Å². The lowest BCUT2D eigenvalue weighted by Gasteiger charge is -2.23. The van der Waals surface area contributed by atoms with Crippen LogP contribution in [0, 0.1) is 0 Å². The SMILES string of the molecule is Clc1ccc(C(c2c(-c3ccccc3)[nH]c3ccccc23)c2c(-c3ccccc3)[nH]c3ccccc23)c(Cl)c1. The van der Waals surface area contributed by atoms with Crippen molar-refractivity contribution in [3.63, 3.8) is 0 Å². The molecule has 0 aliphatic carbocycles. The number of benzene rings is 5. The Bertz CT molecular complexity index is 1820. The number of aromatic nitrogens is 2. The van der Waals surface area contributed by atoms with Crippen molar-refractivity contribution >= 4 is 45.0 Å². The van der Waals surface area contributed by atoms with E-state index in [4.69, 9.17) is 23.2 Å². The summed E-state index contributed by atoms with van der Waals surface area (Å²) < 4.78 is 0. The second-order valence-corrected chi connectivity index (χ2v) is 10.6. The van der Waals surface area contributed by atoms with Gasteiger partial charge in [0, 0.05) is 37.8 Å². The second-order valence-electron chi connectivity index (χ2n) is 9.75. The Morgan fingerprint density at radius 2 is 0.949 bits per heavy atom. The van der Waals surface area contributed by atoms with Crippen LogP contribution in [0.25, 0.3) is 44.3 Å². The van der Waals surface area contributed by atoms with Crippen LogP contribution in [0.1, 0.15) is 22.6 Å². The van der Waals surface area contributed by atoms with Gasteiger partial charge in [0.2, 0.25) is 0 Å². The van der Waals surface area contributed by atoms with Gasteiger partial charge in [-0.3, -0.25) is 0 Å². The minimum atomic E-state index is -0.188. The van der Waals surface area contributed by atoms with E-state index < -0.39 is 0 Å². The van der Waals surface area contributed by atoms with Gasteiger partial charge in [-0.1, -0.05) is 126 Å². The monoisotopic (exact) mass is 542 g/mol. The van der Waals surface area contributed by atoms with Crippen LogP contribution in [0.3, 0.4) is 0 Å². The second kappa shape index (κ2) is 9.81. The molecule has 7 rings (SSSR count). The first-order chi connectivity index (χ1) is 19.2. The molecule has 2 aromatic heterocycles. The van der Waals surface area contributed by atoms with Gasteiger partial charge < -0.3 is 9.97 Å². The van der Waals surface area contributed by atoms with E-state index >= 15 is 0 Å². The third-order valence-electron chi connectivity index (χ3n) is 7.47. The molecule has 2 heterocycles. The molecule has 0 fully saturated rings. The molecule has 0 radical (unpaired) electrons. The number of nitrogens with one attached hydrogen (secondary N) is 2. The van der Waals surface area contributed by atoms with Gasteiger partial charge in [0.15, 0.2) is 0 Å². The van der Waals surface area contributed by atoms with Gasteiger partial charge in [0.25, 0.3) is 0 Å². The summed E-state index contributed by atoms with van der Waals surface area (Å²) in [5, 5.41) is 3.58. The smallest absolute Gasteiger partial charge is 0.0507 e. The first-order valence-corrected chi connectivity index (χ1v) is 13.7. The highest BCUT2D eigenvalue weighted by Gasteiger charge is 2.31. The van der Waals surface area contributed by atoms with E-state index in [2.05, 4.69) is 113 Å². The predicted octanol–water partition coefficient (Wildman–Crippen LogP) is 10.5. The van der Waals surface area contributed by atoms with E-state index in [-0.39, 0.29) is 5.92 Å². The maximum atomic E-state index is 7.05. The molecule has 5 aromatic carbocycles. The van der Waals surface area contributed by atoms with E-state index in [1.54, 1.807) is 0 Å². The van der Waals surface area contributed by atoms with Crippen LogP contribution >= 0.6 is 23.2 Å².